The Balaban J connectivity index is 1.70. The molecule has 24 nitrogen and oxygen atoms in total. The van der Waals surface area contributed by atoms with Crippen LogP contribution in [-0.2, 0) is 65.6 Å². The van der Waals surface area contributed by atoms with Gasteiger partial charge in [-0.15, -0.1) is 0 Å². The third-order valence-corrected chi connectivity index (χ3v) is 14.0. The lowest BCUT2D eigenvalue weighted by Crippen LogP contribution is -2.61. The number of carbonyl (C=O) groups excluding carboxylic acids is 11. The Morgan fingerprint density at radius 1 is 0.667 bits per heavy atom. The first-order chi connectivity index (χ1) is 34.4. The fraction of sp³-hybridized carbons (Fsp3) is 0.500. The topological polar surface area (TPSA) is 405 Å². The van der Waals surface area contributed by atoms with Crippen LogP contribution in [0.3, 0.4) is 0 Å². The normalized spacial score (nSPS) is 23.2. The van der Waals surface area contributed by atoms with E-state index in [4.69, 9.17) is 28.7 Å². The Labute approximate surface area is 424 Å². The number of rotatable bonds is 19. The lowest BCUT2D eigenvalue weighted by Gasteiger charge is -2.31. The van der Waals surface area contributed by atoms with Gasteiger partial charge in [0.25, 0.3) is 0 Å². The molecular formula is C46H65N13O11S2. The van der Waals surface area contributed by atoms with E-state index in [0.29, 0.717) is 36.9 Å². The van der Waals surface area contributed by atoms with Crippen LogP contribution in [0.15, 0.2) is 60.7 Å². The summed E-state index contributed by atoms with van der Waals surface area (Å²) in [4.78, 5) is 149. The summed E-state index contributed by atoms with van der Waals surface area (Å²) >= 11 is 0. The van der Waals surface area contributed by atoms with Gasteiger partial charge in [-0.25, -0.2) is 0 Å². The van der Waals surface area contributed by atoms with E-state index in [2.05, 4.69) is 37.2 Å². The van der Waals surface area contributed by atoms with E-state index in [1.54, 1.807) is 60.7 Å². The van der Waals surface area contributed by atoms with Crippen molar-refractivity contribution in [3.63, 3.8) is 0 Å². The van der Waals surface area contributed by atoms with Crippen molar-refractivity contribution >= 4 is 86.6 Å². The highest BCUT2D eigenvalue weighted by Gasteiger charge is 2.40. The van der Waals surface area contributed by atoms with Crippen molar-refractivity contribution in [3.05, 3.63) is 71.8 Å². The van der Waals surface area contributed by atoms with E-state index in [-0.39, 0.29) is 43.7 Å². The number of unbranched alkanes of at least 4 members (excludes halogenated alkanes) is 1. The quantitative estimate of drug-likeness (QED) is 0.0471. The molecule has 2 saturated heterocycles. The molecule has 72 heavy (non-hydrogen) atoms. The van der Waals surface area contributed by atoms with E-state index in [1.165, 1.54) is 4.90 Å². The van der Waals surface area contributed by atoms with E-state index in [0.717, 1.165) is 21.6 Å². The molecule has 2 fully saturated rings. The summed E-state index contributed by atoms with van der Waals surface area (Å²) in [6.07, 6.45) is -0.141. The predicted molar refractivity (Wildman–Crippen MR) is 267 cm³/mol. The molecule has 11 amide bonds. The van der Waals surface area contributed by atoms with Crippen molar-refractivity contribution in [2.45, 2.75) is 113 Å². The number of carbonyl (C=O) groups is 11. The number of primary amides is 3. The summed E-state index contributed by atoms with van der Waals surface area (Å²) < 4.78 is 0. The highest BCUT2D eigenvalue weighted by molar-refractivity contribution is 8.76. The van der Waals surface area contributed by atoms with Crippen molar-refractivity contribution in [2.24, 2.45) is 28.7 Å². The van der Waals surface area contributed by atoms with E-state index < -0.39 is 139 Å². The van der Waals surface area contributed by atoms with Gasteiger partial charge in [0, 0.05) is 37.3 Å². The van der Waals surface area contributed by atoms with Gasteiger partial charge in [0.15, 0.2) is 0 Å². The van der Waals surface area contributed by atoms with Gasteiger partial charge in [0.1, 0.15) is 42.3 Å². The fourth-order valence-corrected chi connectivity index (χ4v) is 10.0. The molecular weight excluding hydrogens is 975 g/mol. The molecule has 2 aliphatic rings. The molecule has 4 rings (SSSR count). The molecule has 26 heteroatoms. The molecule has 6 unspecified atom stereocenters. The monoisotopic (exact) mass is 1040 g/mol. The first-order valence-corrected chi connectivity index (χ1v) is 25.9. The summed E-state index contributed by atoms with van der Waals surface area (Å²) in [7, 11) is 2.07. The van der Waals surface area contributed by atoms with Crippen LogP contribution in [0.5, 0.6) is 0 Å². The average molecular weight is 1040 g/mol. The molecule has 392 valence electrons. The van der Waals surface area contributed by atoms with Crippen LogP contribution in [0, 0.1) is 0 Å². The molecule has 0 saturated carbocycles. The third-order valence-electron chi connectivity index (χ3n) is 11.6. The lowest BCUT2D eigenvalue weighted by molar-refractivity contribution is -0.142. The zero-order chi connectivity index (χ0) is 52.7. The number of hydrogen-bond donors (Lipinski definition) is 12. The SMILES string of the molecule is NCCCC[C@H](NC(=O)[C@@H]1CCCN1C(=O)C1CSSCC(N)C(=O)NC(Cc2ccccc2)C(=O)NC(Cc2ccccc2)C(=O)NC(CCC(N)=O)C(=O)NC(CC(N)=O)C(=O)N1)C(=O)NCC(N)=O. The molecule has 0 bridgehead atoms. The maximum atomic E-state index is 14.6. The molecule has 0 aromatic heterocycles. The fourth-order valence-electron chi connectivity index (χ4n) is 7.77. The molecule has 0 aliphatic carbocycles. The van der Waals surface area contributed by atoms with Crippen molar-refractivity contribution in [1.29, 1.82) is 0 Å². The van der Waals surface area contributed by atoms with Gasteiger partial charge in [-0.2, -0.15) is 0 Å². The van der Waals surface area contributed by atoms with E-state index in [1.807, 2.05) is 0 Å². The van der Waals surface area contributed by atoms with Crippen LogP contribution in [0.1, 0.15) is 62.5 Å². The Morgan fingerprint density at radius 3 is 1.78 bits per heavy atom. The summed E-state index contributed by atoms with van der Waals surface area (Å²) in [5.74, 6) is -9.66. The Hall–Kier alpha value is -6.77. The number of nitrogens with zero attached hydrogens (tertiary/aromatic N) is 1. The number of benzene rings is 2. The van der Waals surface area contributed by atoms with Crippen molar-refractivity contribution < 1.29 is 52.7 Å². The maximum absolute atomic E-state index is 14.6. The van der Waals surface area contributed by atoms with Gasteiger partial charge >= 0.3 is 0 Å². The molecule has 0 radical (unpaired) electrons. The van der Waals surface area contributed by atoms with Gasteiger partial charge in [-0.3, -0.25) is 52.7 Å². The number of hydrogen-bond acceptors (Lipinski definition) is 15. The van der Waals surface area contributed by atoms with Crippen LogP contribution < -0.4 is 65.9 Å². The second kappa shape index (κ2) is 29.5. The van der Waals surface area contributed by atoms with Crippen LogP contribution in [0.2, 0.25) is 0 Å². The molecule has 2 aromatic rings. The van der Waals surface area contributed by atoms with E-state index >= 15 is 0 Å². The number of nitrogens with one attached hydrogen (secondary N) is 7. The summed E-state index contributed by atoms with van der Waals surface area (Å²) in [6.45, 7) is -0.121. The van der Waals surface area contributed by atoms with Crippen LogP contribution in [0.25, 0.3) is 0 Å². The highest BCUT2D eigenvalue weighted by atomic mass is 33.1. The van der Waals surface area contributed by atoms with Crippen molar-refractivity contribution in [1.82, 2.24) is 42.1 Å². The van der Waals surface area contributed by atoms with Crippen molar-refractivity contribution in [3.8, 4) is 0 Å². The van der Waals surface area contributed by atoms with Crippen LogP contribution in [-0.4, -0.2) is 149 Å². The molecule has 2 aromatic carbocycles. The van der Waals surface area contributed by atoms with Gasteiger partial charge in [-0.1, -0.05) is 82.3 Å². The smallest absolute Gasteiger partial charge is 0.246 e. The lowest BCUT2D eigenvalue weighted by atomic mass is 10.0. The minimum absolute atomic E-state index is 0.0198. The second-order valence-corrected chi connectivity index (χ2v) is 19.8. The average Bonchev–Trinajstić information content (AvgIpc) is 3.84. The Bertz CT molecular complexity index is 2250. The third kappa shape index (κ3) is 19.1. The summed E-state index contributed by atoms with van der Waals surface area (Å²) in [5.41, 5.74) is 29.4. The van der Waals surface area contributed by atoms with Gasteiger partial charge in [0.2, 0.25) is 65.0 Å². The Morgan fingerprint density at radius 2 is 1.21 bits per heavy atom. The minimum atomic E-state index is -1.76. The maximum Gasteiger partial charge on any atom is 0.246 e. The number of nitrogens with two attached hydrogens (primary N) is 5. The predicted octanol–water partition coefficient (Wildman–Crippen LogP) is -4.03. The van der Waals surface area contributed by atoms with Crippen LogP contribution in [0.4, 0.5) is 0 Å². The first kappa shape index (κ1) is 57.8. The summed E-state index contributed by atoms with van der Waals surface area (Å²) in [5, 5.41) is 18.0. The van der Waals surface area contributed by atoms with Gasteiger partial charge in [-0.05, 0) is 56.2 Å². The van der Waals surface area contributed by atoms with Crippen molar-refractivity contribution in [2.75, 3.05) is 31.1 Å². The minimum Gasteiger partial charge on any atom is -0.370 e. The summed E-state index contributed by atoms with van der Waals surface area (Å²) in [6, 6.07) is 6.36. The molecule has 8 atom stereocenters. The standard InChI is InChI=1S/C46H65N13O11S2/c47-18-8-7-14-29(40(64)52-23-38(51)62)54-45(69)35-15-9-19-59(35)46(70)34-25-72-71-24-28(48)39(63)55-31(20-26-10-3-1-4-11-26)43(67)56-32(21-27-12-5-2-6-13-27)42(66)53-30(16-17-36(49)60)41(65)57-33(22-37(50)61)44(68)58-34/h1-6,10-13,28-35H,7-9,14-25,47-48H2,(H2,49,60)(H2,50,61)(H2,51,62)(H,52,64)(H,53,66)(H,54,69)(H,55,63)(H,56,67)(H,57,65)(H,58,68)/t28?,29-,30?,31?,32?,33?,34?,35-/m0/s1. The molecule has 2 heterocycles. The zero-order valence-corrected chi connectivity index (χ0v) is 41.3. The molecule has 17 N–H and O–H groups in total. The Kier molecular flexibility index (Phi) is 23.7. The zero-order valence-electron chi connectivity index (χ0n) is 39.6. The van der Waals surface area contributed by atoms with Crippen LogP contribution >= 0.6 is 21.6 Å². The first-order valence-electron chi connectivity index (χ1n) is 23.4. The number of amides is 11. The molecule has 0 spiro atoms. The van der Waals surface area contributed by atoms with Gasteiger partial charge in [0.05, 0.1) is 19.0 Å². The highest BCUT2D eigenvalue weighted by Crippen LogP contribution is 2.26. The van der Waals surface area contributed by atoms with E-state index in [9.17, 15) is 52.7 Å². The largest absolute Gasteiger partial charge is 0.370 e. The number of likely N-dealkylation sites (tertiary alicyclic amines) is 1. The molecule has 2 aliphatic heterocycles. The second-order valence-electron chi connectivity index (χ2n) is 17.3. The van der Waals surface area contributed by atoms with Gasteiger partial charge < -0.3 is 70.8 Å².